The summed E-state index contributed by atoms with van der Waals surface area (Å²) >= 11 is 0. The summed E-state index contributed by atoms with van der Waals surface area (Å²) in [4.78, 5) is 32.3. The predicted molar refractivity (Wildman–Crippen MR) is 126 cm³/mol. The molecule has 10 nitrogen and oxygen atoms in total. The minimum Gasteiger partial charge on any atom is -0.489 e. The van der Waals surface area contributed by atoms with Gasteiger partial charge in [-0.2, -0.15) is 5.10 Å². The van der Waals surface area contributed by atoms with Crippen molar-refractivity contribution < 1.29 is 24.2 Å². The first kappa shape index (κ1) is 22.0. The Hall–Kier alpha value is -3.50. The molecule has 1 aliphatic carbocycles. The lowest BCUT2D eigenvalue weighted by Gasteiger charge is -2.37. The number of carbonyl (C=O) groups is 2. The van der Waals surface area contributed by atoms with E-state index in [0.29, 0.717) is 24.2 Å². The number of para-hydroxylation sites is 1. The average Bonchev–Trinajstić information content (AvgIpc) is 3.40. The van der Waals surface area contributed by atoms with Crippen molar-refractivity contribution in [1.29, 1.82) is 0 Å². The number of benzene rings is 1. The molecule has 35 heavy (non-hydrogen) atoms. The molecule has 1 saturated heterocycles. The summed E-state index contributed by atoms with van der Waals surface area (Å²) in [6.07, 6.45) is 6.11. The topological polar surface area (TPSA) is 130 Å². The Kier molecular flexibility index (Phi) is 5.23. The van der Waals surface area contributed by atoms with Crippen LogP contribution in [0, 0.1) is 0 Å². The summed E-state index contributed by atoms with van der Waals surface area (Å²) in [5.41, 5.74) is 0.812. The van der Waals surface area contributed by atoms with Gasteiger partial charge in [-0.1, -0.05) is 18.2 Å². The van der Waals surface area contributed by atoms with Crippen LogP contribution in [0.5, 0.6) is 5.75 Å². The third kappa shape index (κ3) is 3.82. The van der Waals surface area contributed by atoms with Crippen LogP contribution in [0.15, 0.2) is 42.7 Å². The maximum Gasteiger partial charge on any atom is 0.240 e. The normalized spacial score (nSPS) is 24.9. The number of amides is 2. The summed E-state index contributed by atoms with van der Waals surface area (Å²) in [5.74, 6) is 0.346. The van der Waals surface area contributed by atoms with Gasteiger partial charge in [-0.3, -0.25) is 14.7 Å². The molecule has 1 spiro atoms. The van der Waals surface area contributed by atoms with Crippen molar-refractivity contribution >= 4 is 28.5 Å². The SMILES string of the molecule is O=C(CN1C(=O)C2(CCC(Oc3cnc4[nH]ncc4c3)CC2)c2ccccc21)NCC1(O)COC1. The largest absolute Gasteiger partial charge is 0.489 e. The molecule has 182 valence electrons. The molecule has 0 atom stereocenters. The van der Waals surface area contributed by atoms with Crippen LogP contribution in [-0.2, 0) is 19.7 Å². The number of rotatable bonds is 6. The highest BCUT2D eigenvalue weighted by Gasteiger charge is 2.52. The smallest absolute Gasteiger partial charge is 0.240 e. The van der Waals surface area contributed by atoms with Crippen molar-refractivity contribution in [1.82, 2.24) is 20.5 Å². The number of hydrogen-bond donors (Lipinski definition) is 3. The van der Waals surface area contributed by atoms with E-state index >= 15 is 0 Å². The number of nitrogens with one attached hydrogen (secondary N) is 2. The number of ether oxygens (including phenoxy) is 2. The molecule has 3 aromatic rings. The summed E-state index contributed by atoms with van der Waals surface area (Å²) in [7, 11) is 0. The molecule has 1 aromatic carbocycles. The van der Waals surface area contributed by atoms with Gasteiger partial charge < -0.3 is 24.8 Å². The second kappa shape index (κ2) is 8.31. The summed E-state index contributed by atoms with van der Waals surface area (Å²) in [5, 5.41) is 20.6. The number of hydrogen-bond acceptors (Lipinski definition) is 7. The number of pyridine rings is 1. The fraction of sp³-hybridized carbons (Fsp3) is 0.440. The second-order valence-corrected chi connectivity index (χ2v) is 9.78. The lowest BCUT2D eigenvalue weighted by Crippen LogP contribution is -2.58. The molecule has 4 heterocycles. The van der Waals surface area contributed by atoms with Gasteiger partial charge in [0.2, 0.25) is 11.8 Å². The lowest BCUT2D eigenvalue weighted by molar-refractivity contribution is -0.175. The quantitative estimate of drug-likeness (QED) is 0.490. The van der Waals surface area contributed by atoms with Gasteiger partial charge in [0, 0.05) is 11.1 Å². The minimum absolute atomic E-state index is 0.0190. The zero-order valence-corrected chi connectivity index (χ0v) is 19.2. The summed E-state index contributed by atoms with van der Waals surface area (Å²) < 4.78 is 11.2. The van der Waals surface area contributed by atoms with Crippen molar-refractivity contribution in [2.75, 3.05) is 31.2 Å². The predicted octanol–water partition coefficient (Wildman–Crippen LogP) is 1.44. The fourth-order valence-electron chi connectivity index (χ4n) is 5.41. The van der Waals surface area contributed by atoms with Crippen molar-refractivity contribution in [2.24, 2.45) is 0 Å². The van der Waals surface area contributed by atoms with E-state index < -0.39 is 11.0 Å². The number of nitrogens with zero attached hydrogens (tertiary/aromatic N) is 3. The van der Waals surface area contributed by atoms with E-state index in [4.69, 9.17) is 9.47 Å². The Balaban J connectivity index is 1.14. The van der Waals surface area contributed by atoms with Gasteiger partial charge in [0.05, 0.1) is 43.7 Å². The number of aliphatic hydroxyl groups is 1. The monoisotopic (exact) mass is 477 g/mol. The van der Waals surface area contributed by atoms with E-state index in [1.165, 1.54) is 0 Å². The molecule has 0 radical (unpaired) electrons. The van der Waals surface area contributed by atoms with Gasteiger partial charge in [0.1, 0.15) is 17.9 Å². The number of carbonyl (C=O) groups excluding carboxylic acids is 2. The highest BCUT2D eigenvalue weighted by atomic mass is 16.5. The van der Waals surface area contributed by atoms with Crippen LogP contribution < -0.4 is 15.0 Å². The highest BCUT2D eigenvalue weighted by molar-refractivity contribution is 6.10. The van der Waals surface area contributed by atoms with Gasteiger partial charge in [-0.25, -0.2) is 4.98 Å². The maximum absolute atomic E-state index is 13.7. The van der Waals surface area contributed by atoms with E-state index in [0.717, 1.165) is 29.5 Å². The first-order valence-electron chi connectivity index (χ1n) is 11.9. The molecule has 2 fully saturated rings. The van der Waals surface area contributed by atoms with Crippen molar-refractivity contribution in [3.05, 3.63) is 48.3 Å². The molecule has 0 unspecified atom stereocenters. The molecule has 2 aliphatic heterocycles. The first-order chi connectivity index (χ1) is 17.0. The first-order valence-corrected chi connectivity index (χ1v) is 11.9. The average molecular weight is 478 g/mol. The third-order valence-corrected chi connectivity index (χ3v) is 7.38. The molecule has 10 heteroatoms. The number of anilines is 1. The van der Waals surface area contributed by atoms with Crippen LogP contribution in [0.25, 0.3) is 11.0 Å². The van der Waals surface area contributed by atoms with Gasteiger partial charge in [-0.05, 0) is 43.4 Å². The van der Waals surface area contributed by atoms with Crippen LogP contribution in [0.3, 0.4) is 0 Å². The number of aromatic amines is 1. The molecule has 2 amide bonds. The Morgan fingerprint density at radius 2 is 2.06 bits per heavy atom. The molecule has 1 saturated carbocycles. The number of H-pyrrole nitrogens is 1. The van der Waals surface area contributed by atoms with Gasteiger partial charge in [0.25, 0.3) is 0 Å². The van der Waals surface area contributed by atoms with Crippen LogP contribution in [0.4, 0.5) is 5.69 Å². The Morgan fingerprint density at radius 1 is 1.26 bits per heavy atom. The molecule has 0 bridgehead atoms. The van der Waals surface area contributed by atoms with Crippen LogP contribution in [0.1, 0.15) is 31.2 Å². The third-order valence-electron chi connectivity index (χ3n) is 7.38. The van der Waals surface area contributed by atoms with Crippen LogP contribution >= 0.6 is 0 Å². The van der Waals surface area contributed by atoms with E-state index in [1.54, 1.807) is 17.3 Å². The van der Waals surface area contributed by atoms with E-state index in [-0.39, 0.29) is 44.2 Å². The van der Waals surface area contributed by atoms with Gasteiger partial charge >= 0.3 is 0 Å². The lowest BCUT2D eigenvalue weighted by atomic mass is 9.69. The van der Waals surface area contributed by atoms with Crippen molar-refractivity contribution in [3.63, 3.8) is 0 Å². The highest BCUT2D eigenvalue weighted by Crippen LogP contribution is 2.50. The number of aromatic nitrogens is 3. The van der Waals surface area contributed by atoms with Gasteiger partial charge in [0.15, 0.2) is 5.65 Å². The molecule has 3 aliphatic rings. The minimum atomic E-state index is -1.01. The van der Waals surface area contributed by atoms with Crippen molar-refractivity contribution in [3.8, 4) is 5.75 Å². The molecule has 3 N–H and O–H groups in total. The maximum atomic E-state index is 13.7. The molecular weight excluding hydrogens is 450 g/mol. The molecular formula is C25H27N5O5. The van der Waals surface area contributed by atoms with E-state index in [9.17, 15) is 14.7 Å². The van der Waals surface area contributed by atoms with Crippen LogP contribution in [0.2, 0.25) is 0 Å². The standard InChI is InChI=1S/C25H27N5O5/c31-21(27-13-24(33)14-34-15-24)12-30-20-4-2-1-3-19(20)25(23(30)32)7-5-17(6-8-25)35-18-9-16-10-28-29-22(16)26-11-18/h1-4,9-11,17,33H,5-8,12-15H2,(H,27,31)(H,26,28,29). The zero-order chi connectivity index (χ0) is 24.0. The number of fused-ring (bicyclic) bond motifs is 3. The summed E-state index contributed by atoms with van der Waals surface area (Å²) in [6.45, 7) is 0.443. The Bertz CT molecular complexity index is 1280. The Morgan fingerprint density at radius 3 is 2.83 bits per heavy atom. The fourth-order valence-corrected chi connectivity index (χ4v) is 5.41. The van der Waals surface area contributed by atoms with Gasteiger partial charge in [-0.15, -0.1) is 0 Å². The van der Waals surface area contributed by atoms with Crippen LogP contribution in [-0.4, -0.2) is 70.1 Å². The van der Waals surface area contributed by atoms with Crippen molar-refractivity contribution in [2.45, 2.75) is 42.8 Å². The second-order valence-electron chi connectivity index (χ2n) is 9.78. The van der Waals surface area contributed by atoms with E-state index in [1.807, 2.05) is 30.3 Å². The zero-order valence-electron chi connectivity index (χ0n) is 19.2. The Labute approximate surface area is 201 Å². The van der Waals surface area contributed by atoms with E-state index in [2.05, 4.69) is 20.5 Å². The summed E-state index contributed by atoms with van der Waals surface area (Å²) in [6, 6.07) is 9.64. The molecule has 2 aromatic heterocycles. The molecule has 6 rings (SSSR count).